The van der Waals surface area contributed by atoms with E-state index in [1.807, 2.05) is 11.7 Å². The van der Waals surface area contributed by atoms with Crippen LogP contribution in [0.5, 0.6) is 0 Å². The number of rotatable bonds is 2. The van der Waals surface area contributed by atoms with Crippen LogP contribution >= 0.6 is 11.3 Å². The molecule has 0 radical (unpaired) electrons. The molecule has 4 heteroatoms. The van der Waals surface area contributed by atoms with Crippen LogP contribution in [0.15, 0.2) is 11.4 Å². The van der Waals surface area contributed by atoms with Crippen LogP contribution in [0.25, 0.3) is 10.2 Å². The highest BCUT2D eigenvalue weighted by Gasteiger charge is 2.41. The van der Waals surface area contributed by atoms with Gasteiger partial charge in [-0.25, -0.2) is 0 Å². The summed E-state index contributed by atoms with van der Waals surface area (Å²) in [5, 5.41) is 6.80. The summed E-state index contributed by atoms with van der Waals surface area (Å²) in [7, 11) is 2.02. The normalized spacial score (nSPS) is 19.3. The fourth-order valence-electron chi connectivity index (χ4n) is 2.47. The third kappa shape index (κ3) is 1.12. The Bertz CT molecular complexity index is 487. The van der Waals surface area contributed by atoms with Crippen LogP contribution < -0.4 is 5.73 Å². The highest BCUT2D eigenvalue weighted by molar-refractivity contribution is 7.17. The zero-order valence-electron chi connectivity index (χ0n) is 8.86. The summed E-state index contributed by atoms with van der Waals surface area (Å²) in [5.74, 6) is 0. The van der Waals surface area contributed by atoms with Crippen molar-refractivity contribution in [2.75, 3.05) is 6.54 Å². The Morgan fingerprint density at radius 3 is 3.00 bits per heavy atom. The van der Waals surface area contributed by atoms with Crippen LogP contribution in [0, 0.1) is 0 Å². The molecule has 1 saturated carbocycles. The second-order valence-corrected chi connectivity index (χ2v) is 5.36. The van der Waals surface area contributed by atoms with Crippen molar-refractivity contribution in [1.82, 2.24) is 9.78 Å². The molecule has 2 N–H and O–H groups in total. The van der Waals surface area contributed by atoms with Gasteiger partial charge in [-0.2, -0.15) is 5.10 Å². The summed E-state index contributed by atoms with van der Waals surface area (Å²) < 4.78 is 3.32. The Labute approximate surface area is 92.9 Å². The first-order valence-electron chi connectivity index (χ1n) is 5.38. The molecule has 1 fully saturated rings. The quantitative estimate of drug-likeness (QED) is 0.843. The minimum atomic E-state index is 0.185. The van der Waals surface area contributed by atoms with Gasteiger partial charge in [0, 0.05) is 19.0 Å². The van der Waals surface area contributed by atoms with Gasteiger partial charge >= 0.3 is 0 Å². The molecular weight excluding hydrogens is 206 g/mol. The third-order valence-electron chi connectivity index (χ3n) is 3.66. The van der Waals surface area contributed by atoms with E-state index >= 15 is 0 Å². The van der Waals surface area contributed by atoms with Gasteiger partial charge in [-0.3, -0.25) is 4.68 Å². The van der Waals surface area contributed by atoms with Gasteiger partial charge in [0.2, 0.25) is 0 Å². The molecule has 80 valence electrons. The lowest BCUT2D eigenvalue weighted by atomic mass is 9.66. The van der Waals surface area contributed by atoms with E-state index in [9.17, 15) is 0 Å². The van der Waals surface area contributed by atoms with E-state index in [0.717, 1.165) is 6.54 Å². The third-order valence-corrected chi connectivity index (χ3v) is 4.57. The highest BCUT2D eigenvalue weighted by Crippen LogP contribution is 2.45. The summed E-state index contributed by atoms with van der Waals surface area (Å²) in [5.41, 5.74) is 8.59. The summed E-state index contributed by atoms with van der Waals surface area (Å²) in [4.78, 5) is 0. The van der Waals surface area contributed by atoms with E-state index in [0.29, 0.717) is 0 Å². The van der Waals surface area contributed by atoms with Gasteiger partial charge in [0.25, 0.3) is 0 Å². The van der Waals surface area contributed by atoms with Crippen molar-refractivity contribution < 1.29 is 0 Å². The second kappa shape index (κ2) is 3.06. The Morgan fingerprint density at radius 2 is 2.40 bits per heavy atom. The van der Waals surface area contributed by atoms with Gasteiger partial charge in [0.05, 0.1) is 15.9 Å². The van der Waals surface area contributed by atoms with Crippen molar-refractivity contribution >= 4 is 21.6 Å². The molecule has 0 spiro atoms. The molecule has 0 unspecified atom stereocenters. The average Bonchev–Trinajstić information content (AvgIpc) is 2.71. The number of nitrogens with zero attached hydrogens (tertiary/aromatic N) is 2. The van der Waals surface area contributed by atoms with Gasteiger partial charge in [0.1, 0.15) is 0 Å². The summed E-state index contributed by atoms with van der Waals surface area (Å²) in [6.45, 7) is 0.733. The van der Waals surface area contributed by atoms with Crippen LogP contribution in [-0.4, -0.2) is 16.3 Å². The molecule has 3 rings (SSSR count). The van der Waals surface area contributed by atoms with Crippen LogP contribution in [0.2, 0.25) is 0 Å². The predicted molar refractivity (Wildman–Crippen MR) is 63.2 cm³/mol. The zero-order valence-corrected chi connectivity index (χ0v) is 9.68. The van der Waals surface area contributed by atoms with E-state index < -0.39 is 0 Å². The fourth-order valence-corrected chi connectivity index (χ4v) is 3.49. The van der Waals surface area contributed by atoms with Crippen molar-refractivity contribution in [1.29, 1.82) is 0 Å². The minimum Gasteiger partial charge on any atom is -0.330 e. The highest BCUT2D eigenvalue weighted by atomic mass is 32.1. The van der Waals surface area contributed by atoms with Crippen molar-refractivity contribution in [2.45, 2.75) is 24.7 Å². The van der Waals surface area contributed by atoms with Gasteiger partial charge in [-0.05, 0) is 24.3 Å². The lowest BCUT2D eigenvalue weighted by molar-refractivity contribution is 0.246. The van der Waals surface area contributed by atoms with Crippen molar-refractivity contribution in [3.8, 4) is 0 Å². The lowest BCUT2D eigenvalue weighted by Gasteiger charge is -2.39. The van der Waals surface area contributed by atoms with Crippen molar-refractivity contribution in [3.63, 3.8) is 0 Å². The molecule has 1 aliphatic carbocycles. The molecule has 2 aromatic heterocycles. The van der Waals surface area contributed by atoms with Gasteiger partial charge < -0.3 is 5.73 Å². The lowest BCUT2D eigenvalue weighted by Crippen LogP contribution is -2.42. The molecule has 1 aliphatic rings. The van der Waals surface area contributed by atoms with Crippen LogP contribution in [-0.2, 0) is 12.5 Å². The summed E-state index contributed by atoms with van der Waals surface area (Å²) in [6, 6.07) is 2.14. The first-order valence-corrected chi connectivity index (χ1v) is 6.25. The van der Waals surface area contributed by atoms with Crippen LogP contribution in [0.1, 0.15) is 25.0 Å². The molecule has 0 amide bonds. The largest absolute Gasteiger partial charge is 0.330 e. The molecule has 0 aromatic carbocycles. The number of aryl methyl sites for hydroxylation is 1. The topological polar surface area (TPSA) is 43.8 Å². The van der Waals surface area contributed by atoms with E-state index in [-0.39, 0.29) is 5.41 Å². The number of hydrogen-bond acceptors (Lipinski definition) is 3. The van der Waals surface area contributed by atoms with Gasteiger partial charge in [-0.15, -0.1) is 11.3 Å². The molecule has 2 aromatic rings. The maximum atomic E-state index is 5.93. The molecule has 3 nitrogen and oxygen atoms in total. The van der Waals surface area contributed by atoms with E-state index in [1.165, 1.54) is 35.2 Å². The minimum absolute atomic E-state index is 0.185. The summed E-state index contributed by atoms with van der Waals surface area (Å²) >= 11 is 1.79. The van der Waals surface area contributed by atoms with E-state index in [2.05, 4.69) is 16.5 Å². The Hall–Kier alpha value is -0.870. The van der Waals surface area contributed by atoms with Crippen molar-refractivity contribution in [3.05, 3.63) is 17.1 Å². The predicted octanol–water partition coefficient (Wildman–Crippen LogP) is 2.02. The molecule has 2 heterocycles. The van der Waals surface area contributed by atoms with Crippen molar-refractivity contribution in [2.24, 2.45) is 12.8 Å². The number of hydrogen-bond donors (Lipinski definition) is 1. The molecular formula is C11H15N3S. The smallest absolute Gasteiger partial charge is 0.0877 e. The molecule has 0 bridgehead atoms. The average molecular weight is 221 g/mol. The Kier molecular flexibility index (Phi) is 1.91. The molecule has 0 atom stereocenters. The van der Waals surface area contributed by atoms with Gasteiger partial charge in [-0.1, -0.05) is 6.42 Å². The number of nitrogens with two attached hydrogens (primary N) is 1. The van der Waals surface area contributed by atoms with Crippen LogP contribution in [0.4, 0.5) is 0 Å². The number of aromatic nitrogens is 2. The first-order chi connectivity index (χ1) is 7.27. The molecule has 0 saturated heterocycles. The maximum absolute atomic E-state index is 5.93. The van der Waals surface area contributed by atoms with Gasteiger partial charge in [0.15, 0.2) is 0 Å². The molecule has 0 aliphatic heterocycles. The second-order valence-electron chi connectivity index (χ2n) is 4.45. The number of thiophene rings is 1. The standard InChI is InChI=1S/C11H15N3S/c1-14-8-3-6-15-9(8)10(13-14)11(7-12)4-2-5-11/h3,6H,2,4-5,7,12H2,1H3. The zero-order chi connectivity index (χ0) is 10.5. The monoisotopic (exact) mass is 221 g/mol. The first kappa shape index (κ1) is 9.36. The summed E-state index contributed by atoms with van der Waals surface area (Å²) in [6.07, 6.45) is 3.70. The number of fused-ring (bicyclic) bond motifs is 1. The fraction of sp³-hybridized carbons (Fsp3) is 0.545. The van der Waals surface area contributed by atoms with E-state index in [4.69, 9.17) is 5.73 Å². The SMILES string of the molecule is Cn1nc(C2(CN)CCC2)c2sccc21. The maximum Gasteiger partial charge on any atom is 0.0877 e. The van der Waals surface area contributed by atoms with E-state index in [1.54, 1.807) is 11.3 Å². The Balaban J connectivity index is 2.21. The van der Waals surface area contributed by atoms with Crippen LogP contribution in [0.3, 0.4) is 0 Å². The molecule has 15 heavy (non-hydrogen) atoms. The Morgan fingerprint density at radius 1 is 1.60 bits per heavy atom.